The Morgan fingerprint density at radius 2 is 1.72 bits per heavy atom. The zero-order valence-corrected chi connectivity index (χ0v) is 12.7. The van der Waals surface area contributed by atoms with Crippen LogP contribution in [0.15, 0.2) is 0 Å². The summed E-state index contributed by atoms with van der Waals surface area (Å²) in [6.07, 6.45) is 2.78. The minimum absolute atomic E-state index is 0. The van der Waals surface area contributed by atoms with E-state index in [0.717, 1.165) is 32.5 Å². The predicted octanol–water partition coefficient (Wildman–Crippen LogP) is 2.75. The van der Waals surface area contributed by atoms with Gasteiger partial charge in [-0.25, -0.2) is 8.78 Å². The van der Waals surface area contributed by atoms with Crippen LogP contribution >= 0.6 is 0 Å². The molecule has 0 saturated carbocycles. The van der Waals surface area contributed by atoms with E-state index in [1.165, 1.54) is 6.04 Å². The molecule has 2 rings (SSSR count). The third kappa shape index (κ3) is 4.19. The van der Waals surface area contributed by atoms with Crippen molar-refractivity contribution in [1.82, 2.24) is 9.80 Å². The Balaban J connectivity index is 0.00000162. The average molecular weight is 296 g/mol. The molecule has 0 aromatic heterocycles. The molecule has 2 heterocycles. The molecular formula is C13H23F2N2V-. The molecule has 0 unspecified atom stereocenters. The fourth-order valence-electron chi connectivity index (χ4n) is 2.99. The Hall–Kier alpha value is 0.364. The third-order valence-corrected chi connectivity index (χ3v) is 4.04. The number of hydrogen-bond acceptors (Lipinski definition) is 2. The molecule has 0 amide bonds. The van der Waals surface area contributed by atoms with E-state index in [0.29, 0.717) is 12.5 Å². The van der Waals surface area contributed by atoms with E-state index in [-0.39, 0.29) is 31.5 Å². The summed E-state index contributed by atoms with van der Waals surface area (Å²) >= 11 is 0. The monoisotopic (exact) mass is 296 g/mol. The molecule has 2 nitrogen and oxygen atoms in total. The minimum Gasteiger partial charge on any atom is -0.454 e. The number of alkyl halides is 2. The molecule has 0 atom stereocenters. The maximum absolute atomic E-state index is 13.4. The van der Waals surface area contributed by atoms with Crippen molar-refractivity contribution in [2.24, 2.45) is 0 Å². The van der Waals surface area contributed by atoms with Gasteiger partial charge in [0.15, 0.2) is 0 Å². The van der Waals surface area contributed by atoms with Crippen LogP contribution in [0.4, 0.5) is 8.78 Å². The van der Waals surface area contributed by atoms with Crippen LogP contribution < -0.4 is 0 Å². The van der Waals surface area contributed by atoms with E-state index in [9.17, 15) is 8.78 Å². The summed E-state index contributed by atoms with van der Waals surface area (Å²) in [5.74, 6) is -2.46. The van der Waals surface area contributed by atoms with E-state index in [1.54, 1.807) is 0 Å². The minimum atomic E-state index is -2.46. The van der Waals surface area contributed by atoms with E-state index in [2.05, 4.69) is 18.7 Å². The number of likely N-dealkylation sites (tertiary alicyclic amines) is 2. The molecule has 0 N–H and O–H groups in total. The molecule has 0 aromatic carbocycles. The molecule has 0 aromatic rings. The SMILES string of the molecule is C[C-](C)N1CCC(N2CCCC(F)(F)C2)CC1.[V]. The second-order valence-electron chi connectivity index (χ2n) is 5.60. The van der Waals surface area contributed by atoms with Crippen LogP contribution in [0, 0.1) is 6.04 Å². The van der Waals surface area contributed by atoms with Gasteiger partial charge in [-0.3, -0.25) is 10.9 Å². The molecule has 2 aliphatic rings. The van der Waals surface area contributed by atoms with Gasteiger partial charge in [0.1, 0.15) is 0 Å². The Morgan fingerprint density at radius 1 is 1.11 bits per heavy atom. The fourth-order valence-corrected chi connectivity index (χ4v) is 2.99. The molecule has 2 saturated heterocycles. The van der Waals surface area contributed by atoms with Gasteiger partial charge in [-0.15, -0.1) is 0 Å². The first-order valence-corrected chi connectivity index (χ1v) is 6.65. The van der Waals surface area contributed by atoms with Crippen molar-refractivity contribution >= 4 is 0 Å². The van der Waals surface area contributed by atoms with Gasteiger partial charge in [-0.1, -0.05) is 0 Å². The molecular weight excluding hydrogens is 273 g/mol. The van der Waals surface area contributed by atoms with Crippen LogP contribution in [0.5, 0.6) is 0 Å². The molecule has 0 bridgehead atoms. The van der Waals surface area contributed by atoms with Gasteiger partial charge in [0.25, 0.3) is 5.92 Å². The van der Waals surface area contributed by atoms with Crippen LogP contribution in [-0.2, 0) is 18.6 Å². The van der Waals surface area contributed by atoms with Crippen molar-refractivity contribution in [2.45, 2.75) is 51.5 Å². The summed E-state index contributed by atoms with van der Waals surface area (Å²) in [6, 6.07) is 1.71. The Labute approximate surface area is 121 Å². The number of hydrogen-bond donors (Lipinski definition) is 0. The summed E-state index contributed by atoms with van der Waals surface area (Å²) in [5.41, 5.74) is 0. The van der Waals surface area contributed by atoms with Crippen LogP contribution in [-0.4, -0.2) is 47.9 Å². The molecule has 0 spiro atoms. The number of nitrogens with zero attached hydrogens (tertiary/aromatic N) is 2. The molecule has 2 fully saturated rings. The van der Waals surface area contributed by atoms with Crippen molar-refractivity contribution in [3.8, 4) is 0 Å². The van der Waals surface area contributed by atoms with Gasteiger partial charge >= 0.3 is 0 Å². The van der Waals surface area contributed by atoms with Gasteiger partial charge in [-0.05, 0) is 38.9 Å². The summed E-state index contributed by atoms with van der Waals surface area (Å²) in [6.45, 7) is 7.12. The second kappa shape index (κ2) is 6.69. The summed E-state index contributed by atoms with van der Waals surface area (Å²) in [4.78, 5) is 4.38. The first kappa shape index (κ1) is 16.4. The van der Waals surface area contributed by atoms with E-state index in [4.69, 9.17) is 0 Å². The average Bonchev–Trinajstić information content (AvgIpc) is 2.28. The fraction of sp³-hybridized carbons (Fsp3) is 0.923. The van der Waals surface area contributed by atoms with Crippen molar-refractivity contribution in [1.29, 1.82) is 0 Å². The zero-order valence-electron chi connectivity index (χ0n) is 11.3. The van der Waals surface area contributed by atoms with Crippen molar-refractivity contribution in [2.75, 3.05) is 26.2 Å². The number of piperidine rings is 2. The smallest absolute Gasteiger partial charge is 0.260 e. The molecule has 105 valence electrons. The molecule has 1 radical (unpaired) electrons. The van der Waals surface area contributed by atoms with E-state index >= 15 is 0 Å². The maximum Gasteiger partial charge on any atom is 0.260 e. The molecule has 0 aliphatic carbocycles. The van der Waals surface area contributed by atoms with E-state index < -0.39 is 5.92 Å². The van der Waals surface area contributed by atoms with Crippen LogP contribution in [0.1, 0.15) is 39.5 Å². The Morgan fingerprint density at radius 3 is 2.22 bits per heavy atom. The second-order valence-corrected chi connectivity index (χ2v) is 5.60. The summed E-state index contributed by atoms with van der Waals surface area (Å²) < 4.78 is 26.7. The molecule has 5 heteroatoms. The van der Waals surface area contributed by atoms with Gasteiger partial charge in [0.2, 0.25) is 0 Å². The van der Waals surface area contributed by atoms with Crippen molar-refractivity contribution in [3.63, 3.8) is 0 Å². The number of halogens is 2. The van der Waals surface area contributed by atoms with Crippen LogP contribution in [0.25, 0.3) is 0 Å². The number of rotatable bonds is 2. The van der Waals surface area contributed by atoms with Crippen LogP contribution in [0.3, 0.4) is 0 Å². The maximum atomic E-state index is 13.4. The molecule has 2 aliphatic heterocycles. The normalized spacial score (nSPS) is 27.2. The standard InChI is InChI=1S/C13H23F2N2.V/c1-11(2)16-8-4-12(5-9-16)17-7-3-6-13(14,15)10-17;/h12H,3-10H2,1-2H3;/q-1;. The van der Waals surface area contributed by atoms with Gasteiger partial charge in [0.05, 0.1) is 6.54 Å². The van der Waals surface area contributed by atoms with E-state index in [1.807, 2.05) is 4.90 Å². The predicted molar refractivity (Wildman–Crippen MR) is 64.9 cm³/mol. The molecule has 18 heavy (non-hydrogen) atoms. The first-order valence-electron chi connectivity index (χ1n) is 6.65. The van der Waals surface area contributed by atoms with Gasteiger partial charge in [-0.2, -0.15) is 13.8 Å². The topological polar surface area (TPSA) is 6.48 Å². The quantitative estimate of drug-likeness (QED) is 0.723. The van der Waals surface area contributed by atoms with Crippen molar-refractivity contribution in [3.05, 3.63) is 6.04 Å². The zero-order chi connectivity index (χ0) is 12.5. The summed E-state index contributed by atoms with van der Waals surface area (Å²) in [7, 11) is 0. The van der Waals surface area contributed by atoms with Crippen LogP contribution in [0.2, 0.25) is 0 Å². The van der Waals surface area contributed by atoms with Gasteiger partial charge in [0, 0.05) is 31.0 Å². The Kier molecular flexibility index (Phi) is 6.10. The largest absolute Gasteiger partial charge is 0.454 e. The first-order chi connectivity index (χ1) is 7.98. The Bertz CT molecular complexity index is 253. The van der Waals surface area contributed by atoms with Crippen molar-refractivity contribution < 1.29 is 27.3 Å². The third-order valence-electron chi connectivity index (χ3n) is 4.04. The summed E-state index contributed by atoms with van der Waals surface area (Å²) in [5, 5.41) is 0. The van der Waals surface area contributed by atoms with Gasteiger partial charge < -0.3 is 4.90 Å².